The molecule has 1 aromatic heterocycles. The van der Waals surface area contributed by atoms with E-state index in [9.17, 15) is 22.4 Å². The number of pyridine rings is 1. The highest BCUT2D eigenvalue weighted by atomic mass is 19.4. The second-order valence-corrected chi connectivity index (χ2v) is 6.51. The quantitative estimate of drug-likeness (QED) is 0.756. The van der Waals surface area contributed by atoms with Gasteiger partial charge in [0, 0.05) is 18.1 Å². The number of nitrogens with zero attached hydrogens (tertiary/aromatic N) is 1. The summed E-state index contributed by atoms with van der Waals surface area (Å²) in [5.74, 6) is -2.00. The normalized spacial score (nSPS) is 12.0. The number of hydrogen-bond acceptors (Lipinski definition) is 2. The van der Waals surface area contributed by atoms with Gasteiger partial charge in [-0.25, -0.2) is 13.8 Å². The average Bonchev–Trinajstić information content (AvgIpc) is 2.53. The van der Waals surface area contributed by atoms with E-state index in [4.69, 9.17) is 0 Å². The highest BCUT2D eigenvalue weighted by Crippen LogP contribution is 2.36. The van der Waals surface area contributed by atoms with Gasteiger partial charge >= 0.3 is 6.18 Å². The van der Waals surface area contributed by atoms with Crippen LogP contribution in [0, 0.1) is 11.6 Å². The van der Waals surface area contributed by atoms with Crippen LogP contribution >= 0.6 is 0 Å². The van der Waals surface area contributed by atoms with E-state index in [0.29, 0.717) is 0 Å². The fourth-order valence-electron chi connectivity index (χ4n) is 2.59. The highest BCUT2D eigenvalue weighted by Gasteiger charge is 2.36. The number of amides is 1. The van der Waals surface area contributed by atoms with E-state index in [1.807, 2.05) is 0 Å². The van der Waals surface area contributed by atoms with Crippen molar-refractivity contribution < 1.29 is 26.7 Å². The fraction of sp³-hybridized carbons (Fsp3) is 0.263. The van der Waals surface area contributed by atoms with Gasteiger partial charge in [-0.2, -0.15) is 13.2 Å². The molecule has 0 aliphatic rings. The molecule has 0 aliphatic carbocycles. The van der Waals surface area contributed by atoms with Crippen LogP contribution in [0.5, 0.6) is 0 Å². The Balaban J connectivity index is 2.76. The minimum Gasteiger partial charge on any atom is -0.347 e. The van der Waals surface area contributed by atoms with Crippen LogP contribution in [-0.4, -0.2) is 17.1 Å². The molecular weight excluding hydrogens is 367 g/mol. The number of carbonyl (C=O) groups is 1. The van der Waals surface area contributed by atoms with E-state index in [-0.39, 0.29) is 11.1 Å². The van der Waals surface area contributed by atoms with E-state index in [1.54, 1.807) is 0 Å². The lowest BCUT2D eigenvalue weighted by Crippen LogP contribution is -2.40. The number of carbonyl (C=O) groups excluding carboxylic acids is 1. The van der Waals surface area contributed by atoms with Crippen LogP contribution in [0.2, 0.25) is 0 Å². The van der Waals surface area contributed by atoms with Crippen LogP contribution in [0.25, 0.3) is 16.8 Å². The first kappa shape index (κ1) is 20.5. The Morgan fingerprint density at radius 2 is 1.67 bits per heavy atom. The van der Waals surface area contributed by atoms with Crippen molar-refractivity contribution in [2.45, 2.75) is 32.5 Å². The third-order valence-corrected chi connectivity index (χ3v) is 3.89. The Morgan fingerprint density at radius 1 is 1.11 bits per heavy atom. The molecule has 1 amide bonds. The zero-order valence-electron chi connectivity index (χ0n) is 14.8. The minimum atomic E-state index is -4.78. The smallest absolute Gasteiger partial charge is 0.347 e. The predicted octanol–water partition coefficient (Wildman–Crippen LogP) is 4.97. The van der Waals surface area contributed by atoms with Gasteiger partial charge < -0.3 is 5.32 Å². The van der Waals surface area contributed by atoms with Crippen molar-refractivity contribution in [2.75, 3.05) is 0 Å². The summed E-state index contributed by atoms with van der Waals surface area (Å²) < 4.78 is 67.6. The summed E-state index contributed by atoms with van der Waals surface area (Å²) >= 11 is 0. The van der Waals surface area contributed by atoms with Gasteiger partial charge in [-0.15, -0.1) is 0 Å². The summed E-state index contributed by atoms with van der Waals surface area (Å²) in [6, 6.07) is 5.40. The molecule has 8 heteroatoms. The maximum absolute atomic E-state index is 15.1. The lowest BCUT2D eigenvalue weighted by Gasteiger charge is -2.28. The second kappa shape index (κ2) is 7.09. The molecule has 0 radical (unpaired) electrons. The van der Waals surface area contributed by atoms with Crippen molar-refractivity contribution in [3.8, 4) is 11.3 Å². The third-order valence-electron chi connectivity index (χ3n) is 3.89. The number of halogens is 5. The molecule has 0 saturated heterocycles. The van der Waals surface area contributed by atoms with Gasteiger partial charge in [0.15, 0.2) is 5.82 Å². The van der Waals surface area contributed by atoms with E-state index >= 15 is 4.39 Å². The Morgan fingerprint density at radius 3 is 2.15 bits per heavy atom. The zero-order valence-corrected chi connectivity index (χ0v) is 14.8. The van der Waals surface area contributed by atoms with Gasteiger partial charge in [-0.1, -0.05) is 6.58 Å². The molecule has 0 bridgehead atoms. The van der Waals surface area contributed by atoms with E-state index in [2.05, 4.69) is 16.9 Å². The van der Waals surface area contributed by atoms with Crippen molar-refractivity contribution in [3.05, 3.63) is 59.8 Å². The number of benzene rings is 1. The molecule has 1 heterocycles. The standard InChI is InChI=1S/C19H17F5N2O/c1-10(19(22,23)24)15-9-14(18(3,4)26-11(2)27)16(21)17(25-15)12-5-7-13(20)8-6-12/h5-9H,1H2,2-4H3,(H,26,27). The zero-order chi connectivity index (χ0) is 20.6. The maximum atomic E-state index is 15.1. The molecule has 2 aromatic rings. The number of aromatic nitrogens is 1. The maximum Gasteiger partial charge on any atom is 0.417 e. The largest absolute Gasteiger partial charge is 0.417 e. The first-order valence-electron chi connectivity index (χ1n) is 7.85. The Hall–Kier alpha value is -2.77. The van der Waals surface area contributed by atoms with Gasteiger partial charge in [0.2, 0.25) is 5.91 Å². The van der Waals surface area contributed by atoms with Crippen LogP contribution in [-0.2, 0) is 10.3 Å². The summed E-state index contributed by atoms with van der Waals surface area (Å²) in [6.45, 7) is 7.10. The van der Waals surface area contributed by atoms with Gasteiger partial charge in [-0.3, -0.25) is 4.79 Å². The third kappa shape index (κ3) is 4.50. The van der Waals surface area contributed by atoms with Gasteiger partial charge in [0.1, 0.15) is 11.5 Å². The van der Waals surface area contributed by atoms with Crippen molar-refractivity contribution in [2.24, 2.45) is 0 Å². The van der Waals surface area contributed by atoms with Crippen molar-refractivity contribution in [1.82, 2.24) is 10.3 Å². The minimum absolute atomic E-state index is 0.0885. The van der Waals surface area contributed by atoms with Gasteiger partial charge in [-0.05, 0) is 44.2 Å². The van der Waals surface area contributed by atoms with Gasteiger partial charge in [0.05, 0.1) is 16.8 Å². The number of rotatable bonds is 4. The SMILES string of the molecule is C=C(c1cc(C(C)(C)NC(C)=O)c(F)c(-c2ccc(F)cc2)n1)C(F)(F)F. The summed E-state index contributed by atoms with van der Waals surface area (Å²) in [4.78, 5) is 15.2. The predicted molar refractivity (Wildman–Crippen MR) is 91.5 cm³/mol. The average molecular weight is 384 g/mol. The lowest BCUT2D eigenvalue weighted by molar-refractivity contribution is -0.120. The summed E-state index contributed by atoms with van der Waals surface area (Å²) in [7, 11) is 0. The topological polar surface area (TPSA) is 42.0 Å². The first-order valence-corrected chi connectivity index (χ1v) is 7.85. The monoisotopic (exact) mass is 384 g/mol. The molecule has 1 N–H and O–H groups in total. The molecule has 0 saturated carbocycles. The lowest BCUT2D eigenvalue weighted by atomic mass is 9.91. The van der Waals surface area contributed by atoms with E-state index in [1.165, 1.54) is 32.9 Å². The van der Waals surface area contributed by atoms with Crippen LogP contribution in [0.15, 0.2) is 36.9 Å². The van der Waals surface area contributed by atoms with Crippen molar-refractivity contribution >= 4 is 11.5 Å². The van der Waals surface area contributed by atoms with Crippen LogP contribution in [0.4, 0.5) is 22.0 Å². The van der Waals surface area contributed by atoms with Crippen molar-refractivity contribution in [1.29, 1.82) is 0 Å². The number of nitrogens with one attached hydrogen (secondary N) is 1. The molecule has 3 nitrogen and oxygen atoms in total. The summed E-state index contributed by atoms with van der Waals surface area (Å²) in [6.07, 6.45) is -4.78. The van der Waals surface area contributed by atoms with Crippen LogP contribution in [0.3, 0.4) is 0 Å². The molecule has 2 rings (SSSR count). The Labute approximate surface area is 152 Å². The number of alkyl halides is 3. The van der Waals surface area contributed by atoms with E-state index in [0.717, 1.165) is 18.2 Å². The van der Waals surface area contributed by atoms with E-state index < -0.39 is 46.2 Å². The van der Waals surface area contributed by atoms with Crippen LogP contribution in [0.1, 0.15) is 32.0 Å². The number of hydrogen-bond donors (Lipinski definition) is 1. The molecule has 0 fully saturated rings. The summed E-state index contributed by atoms with van der Waals surface area (Å²) in [5, 5.41) is 2.49. The Bertz CT molecular complexity index is 886. The molecule has 0 atom stereocenters. The van der Waals surface area contributed by atoms with Crippen molar-refractivity contribution in [3.63, 3.8) is 0 Å². The molecule has 1 aromatic carbocycles. The molecule has 27 heavy (non-hydrogen) atoms. The molecule has 0 aliphatic heterocycles. The molecule has 0 unspecified atom stereocenters. The first-order chi connectivity index (χ1) is 12.3. The fourth-order valence-corrected chi connectivity index (χ4v) is 2.59. The summed E-state index contributed by atoms with van der Waals surface area (Å²) in [5.41, 5.74) is -3.68. The molecular formula is C19H17F5N2O. The van der Waals surface area contributed by atoms with Gasteiger partial charge in [0.25, 0.3) is 0 Å². The van der Waals surface area contributed by atoms with Crippen LogP contribution < -0.4 is 5.32 Å². The second-order valence-electron chi connectivity index (χ2n) is 6.51. The molecule has 0 spiro atoms. The number of allylic oxidation sites excluding steroid dienone is 1. The Kier molecular flexibility index (Phi) is 5.40. The molecule has 144 valence electrons. The highest BCUT2D eigenvalue weighted by molar-refractivity contribution is 5.75.